The molecule has 0 spiro atoms. The summed E-state index contributed by atoms with van der Waals surface area (Å²) in [5.41, 5.74) is 12.4. The highest BCUT2D eigenvalue weighted by molar-refractivity contribution is 5.72. The smallest absolute Gasteiger partial charge is 0.328 e. The summed E-state index contributed by atoms with van der Waals surface area (Å²) in [6.45, 7) is 5.91. The number of aromatic amines is 1. The highest BCUT2D eigenvalue weighted by Crippen LogP contribution is 2.27. The highest BCUT2D eigenvalue weighted by atomic mass is 16.1. The van der Waals surface area contributed by atoms with Crippen LogP contribution in [0.15, 0.2) is 53.5 Å². The van der Waals surface area contributed by atoms with Crippen LogP contribution in [-0.4, -0.2) is 39.2 Å². The Bertz CT molecular complexity index is 1330. The Morgan fingerprint density at radius 3 is 2.94 bits per heavy atom. The number of anilines is 1. The molecular weight excluding hydrogens is 414 g/mol. The first-order chi connectivity index (χ1) is 16.1. The van der Waals surface area contributed by atoms with Crippen LogP contribution in [0.2, 0.25) is 0 Å². The molecule has 1 fully saturated rings. The summed E-state index contributed by atoms with van der Waals surface area (Å²) in [5, 5.41) is 6.70. The van der Waals surface area contributed by atoms with Gasteiger partial charge in [0.1, 0.15) is 5.52 Å². The largest absolute Gasteiger partial charge is 0.354 e. The molecule has 0 aliphatic carbocycles. The molecule has 1 atom stereocenters. The number of fused-ring (bicyclic) bond motifs is 1. The second-order valence-electron chi connectivity index (χ2n) is 8.68. The molecule has 1 aliphatic heterocycles. The molecule has 3 heterocycles. The van der Waals surface area contributed by atoms with Crippen LogP contribution in [0.4, 0.5) is 5.95 Å². The van der Waals surface area contributed by atoms with Gasteiger partial charge < -0.3 is 21.4 Å². The molecule has 1 saturated heterocycles. The van der Waals surface area contributed by atoms with Crippen molar-refractivity contribution in [3.8, 4) is 11.1 Å². The average molecular weight is 444 g/mol. The third kappa shape index (κ3) is 4.40. The van der Waals surface area contributed by atoms with Crippen molar-refractivity contribution in [3.05, 3.63) is 75.8 Å². The fourth-order valence-electron chi connectivity index (χ4n) is 4.51. The number of aromatic nitrogens is 4. The van der Waals surface area contributed by atoms with Crippen molar-refractivity contribution in [2.24, 2.45) is 11.7 Å². The Balaban J connectivity index is 1.45. The molecule has 4 aromatic rings. The molecule has 0 saturated carbocycles. The predicted octanol–water partition coefficient (Wildman–Crippen LogP) is 2.62. The monoisotopic (exact) mass is 443 g/mol. The minimum atomic E-state index is -0.189. The molecular formula is C25H29N7O. The lowest BCUT2D eigenvalue weighted by Gasteiger charge is -2.13. The summed E-state index contributed by atoms with van der Waals surface area (Å²) in [4.78, 5) is 24.7. The Morgan fingerprint density at radius 2 is 2.12 bits per heavy atom. The van der Waals surface area contributed by atoms with Crippen LogP contribution in [0.5, 0.6) is 0 Å². The number of benzene rings is 2. The maximum absolute atomic E-state index is 12.8. The molecule has 5 N–H and O–H groups in total. The van der Waals surface area contributed by atoms with E-state index in [9.17, 15) is 4.79 Å². The van der Waals surface area contributed by atoms with E-state index in [-0.39, 0.29) is 5.69 Å². The summed E-state index contributed by atoms with van der Waals surface area (Å²) in [7, 11) is 0. The van der Waals surface area contributed by atoms with E-state index in [0.29, 0.717) is 36.1 Å². The summed E-state index contributed by atoms with van der Waals surface area (Å²) in [6, 6.07) is 14.5. The van der Waals surface area contributed by atoms with Gasteiger partial charge >= 0.3 is 5.69 Å². The zero-order valence-electron chi connectivity index (χ0n) is 18.8. The SMILES string of the molecule is Cc1c(Cn2c(=O)[nH]c3cnc(NC[C@@H]4CCNC4)nc32)cccc1-c1cccc(CN)c1. The Morgan fingerprint density at radius 1 is 1.24 bits per heavy atom. The van der Waals surface area contributed by atoms with Gasteiger partial charge in [-0.25, -0.2) is 9.78 Å². The van der Waals surface area contributed by atoms with Crippen LogP contribution in [-0.2, 0) is 13.1 Å². The molecule has 0 bridgehead atoms. The van der Waals surface area contributed by atoms with Gasteiger partial charge in [0.05, 0.1) is 12.7 Å². The minimum absolute atomic E-state index is 0.189. The molecule has 2 aromatic heterocycles. The van der Waals surface area contributed by atoms with Crippen LogP contribution < -0.4 is 22.1 Å². The normalized spacial score (nSPS) is 15.9. The first-order valence-corrected chi connectivity index (χ1v) is 11.4. The van der Waals surface area contributed by atoms with E-state index in [1.807, 2.05) is 18.2 Å². The summed E-state index contributed by atoms with van der Waals surface area (Å²) >= 11 is 0. The molecule has 2 aromatic carbocycles. The molecule has 8 heteroatoms. The lowest BCUT2D eigenvalue weighted by molar-refractivity contribution is 0.613. The van der Waals surface area contributed by atoms with E-state index in [1.54, 1.807) is 10.8 Å². The molecule has 0 radical (unpaired) electrons. The molecule has 8 nitrogen and oxygen atoms in total. The number of nitrogens with two attached hydrogens (primary N) is 1. The highest BCUT2D eigenvalue weighted by Gasteiger charge is 2.16. The van der Waals surface area contributed by atoms with Crippen molar-refractivity contribution in [2.45, 2.75) is 26.4 Å². The standard InChI is InChI=1S/C25H29N7O/c1-16-20(6-3-7-21(16)19-5-2-4-17(10-19)11-26)15-32-23-22(30-25(32)33)14-29-24(31-23)28-13-18-8-9-27-12-18/h2-7,10,14,18,27H,8-9,11-13,15,26H2,1H3,(H,30,33)(H,28,29,31)/t18-/m1/s1. The first-order valence-electron chi connectivity index (χ1n) is 11.4. The van der Waals surface area contributed by atoms with Gasteiger partial charge in [0.25, 0.3) is 0 Å². The van der Waals surface area contributed by atoms with Crippen molar-refractivity contribution >= 4 is 17.1 Å². The van der Waals surface area contributed by atoms with Crippen LogP contribution in [0.1, 0.15) is 23.1 Å². The van der Waals surface area contributed by atoms with Crippen molar-refractivity contribution in [3.63, 3.8) is 0 Å². The van der Waals surface area contributed by atoms with Gasteiger partial charge in [0, 0.05) is 13.1 Å². The lowest BCUT2D eigenvalue weighted by Crippen LogP contribution is -2.19. The van der Waals surface area contributed by atoms with Gasteiger partial charge in [-0.05, 0) is 66.2 Å². The van der Waals surface area contributed by atoms with Gasteiger partial charge in [-0.1, -0.05) is 36.4 Å². The molecule has 0 unspecified atom stereocenters. The van der Waals surface area contributed by atoms with Gasteiger partial charge in [0.2, 0.25) is 5.95 Å². The fourth-order valence-corrected chi connectivity index (χ4v) is 4.51. The number of H-pyrrole nitrogens is 1. The van der Waals surface area contributed by atoms with E-state index < -0.39 is 0 Å². The maximum Gasteiger partial charge on any atom is 0.328 e. The average Bonchev–Trinajstić information content (AvgIpc) is 3.47. The third-order valence-corrected chi connectivity index (χ3v) is 6.47. The van der Waals surface area contributed by atoms with Crippen LogP contribution >= 0.6 is 0 Å². The van der Waals surface area contributed by atoms with Gasteiger partial charge in [-0.2, -0.15) is 4.98 Å². The van der Waals surface area contributed by atoms with E-state index in [1.165, 1.54) is 0 Å². The van der Waals surface area contributed by atoms with E-state index in [4.69, 9.17) is 5.73 Å². The minimum Gasteiger partial charge on any atom is -0.354 e. The summed E-state index contributed by atoms with van der Waals surface area (Å²) < 4.78 is 1.68. The topological polar surface area (TPSA) is 114 Å². The second kappa shape index (κ2) is 9.17. The third-order valence-electron chi connectivity index (χ3n) is 6.47. The number of hydrogen-bond donors (Lipinski definition) is 4. The second-order valence-corrected chi connectivity index (χ2v) is 8.68. The number of nitrogens with zero attached hydrogens (tertiary/aromatic N) is 3. The lowest BCUT2D eigenvalue weighted by atomic mass is 9.95. The number of hydrogen-bond acceptors (Lipinski definition) is 6. The molecule has 1 aliphatic rings. The zero-order chi connectivity index (χ0) is 22.8. The van der Waals surface area contributed by atoms with Crippen LogP contribution in [0, 0.1) is 12.8 Å². The summed E-state index contributed by atoms with van der Waals surface area (Å²) in [6.07, 6.45) is 2.82. The molecule has 33 heavy (non-hydrogen) atoms. The first kappa shape index (κ1) is 21.4. The molecule has 170 valence electrons. The number of imidazole rings is 1. The van der Waals surface area contributed by atoms with Crippen LogP contribution in [0.25, 0.3) is 22.3 Å². The Labute approximate surface area is 192 Å². The van der Waals surface area contributed by atoms with Crippen molar-refractivity contribution in [1.29, 1.82) is 0 Å². The van der Waals surface area contributed by atoms with Crippen molar-refractivity contribution in [1.82, 2.24) is 24.8 Å². The van der Waals surface area contributed by atoms with Crippen molar-refractivity contribution in [2.75, 3.05) is 25.0 Å². The van der Waals surface area contributed by atoms with Crippen LogP contribution in [0.3, 0.4) is 0 Å². The maximum atomic E-state index is 12.8. The number of rotatable bonds is 7. The van der Waals surface area contributed by atoms with Gasteiger partial charge in [0.15, 0.2) is 5.65 Å². The Hall–Kier alpha value is -3.49. The van der Waals surface area contributed by atoms with E-state index in [0.717, 1.165) is 53.9 Å². The zero-order valence-corrected chi connectivity index (χ0v) is 18.8. The van der Waals surface area contributed by atoms with Crippen molar-refractivity contribution < 1.29 is 0 Å². The Kier molecular flexibility index (Phi) is 5.93. The quantitative estimate of drug-likeness (QED) is 0.349. The molecule has 5 rings (SSSR count). The van der Waals surface area contributed by atoms with Gasteiger partial charge in [-0.15, -0.1) is 0 Å². The predicted molar refractivity (Wildman–Crippen MR) is 131 cm³/mol. The van der Waals surface area contributed by atoms with E-state index in [2.05, 4.69) is 56.8 Å². The summed E-state index contributed by atoms with van der Waals surface area (Å²) in [5.74, 6) is 1.12. The number of nitrogens with one attached hydrogen (secondary N) is 3. The van der Waals surface area contributed by atoms with E-state index >= 15 is 0 Å². The fraction of sp³-hybridized carbons (Fsp3) is 0.320. The van der Waals surface area contributed by atoms with Gasteiger partial charge in [-0.3, -0.25) is 4.57 Å². The molecule has 0 amide bonds.